The van der Waals surface area contributed by atoms with Crippen LogP contribution in [-0.2, 0) is 14.3 Å². The highest BCUT2D eigenvalue weighted by molar-refractivity contribution is 9.10. The molecule has 3 nitrogen and oxygen atoms in total. The predicted molar refractivity (Wildman–Crippen MR) is 75.8 cm³/mol. The number of hydrogen-bond acceptors (Lipinski definition) is 3. The second kappa shape index (κ2) is 7.49. The molecule has 0 aliphatic heterocycles. The summed E-state index contributed by atoms with van der Waals surface area (Å²) >= 11 is 3.30. The van der Waals surface area contributed by atoms with Gasteiger partial charge in [0.15, 0.2) is 0 Å². The Balaban J connectivity index is 2.48. The van der Waals surface area contributed by atoms with Crippen molar-refractivity contribution >= 4 is 21.9 Å². The lowest BCUT2D eigenvalue weighted by atomic mass is 9.75. The van der Waals surface area contributed by atoms with Crippen LogP contribution in [0.25, 0.3) is 0 Å². The van der Waals surface area contributed by atoms with Gasteiger partial charge in [0.1, 0.15) is 4.83 Å². The number of carbonyl (C=O) groups excluding carboxylic acids is 1. The topological polar surface area (TPSA) is 35.5 Å². The summed E-state index contributed by atoms with van der Waals surface area (Å²) in [4.78, 5) is 11.0. The van der Waals surface area contributed by atoms with E-state index in [9.17, 15) is 4.79 Å². The van der Waals surface area contributed by atoms with Gasteiger partial charge in [0, 0.05) is 0 Å². The first-order valence-corrected chi connectivity index (χ1v) is 7.70. The van der Waals surface area contributed by atoms with E-state index in [1.807, 2.05) is 0 Å². The van der Waals surface area contributed by atoms with Gasteiger partial charge in [0.05, 0.1) is 19.8 Å². The second-order valence-corrected chi connectivity index (χ2v) is 6.79. The number of carbonyl (C=O) groups is 1. The fourth-order valence-corrected chi connectivity index (χ4v) is 3.05. The largest absolute Gasteiger partial charge is 0.468 e. The van der Waals surface area contributed by atoms with Crippen LogP contribution in [0.4, 0.5) is 0 Å². The van der Waals surface area contributed by atoms with Crippen LogP contribution in [-0.4, -0.2) is 30.6 Å². The Morgan fingerprint density at radius 3 is 2.61 bits per heavy atom. The van der Waals surface area contributed by atoms with E-state index in [1.54, 1.807) is 0 Å². The Morgan fingerprint density at radius 2 is 2.06 bits per heavy atom. The van der Waals surface area contributed by atoms with Gasteiger partial charge in [-0.2, -0.15) is 0 Å². The van der Waals surface area contributed by atoms with Crippen molar-refractivity contribution in [3.8, 4) is 0 Å². The van der Waals surface area contributed by atoms with Crippen molar-refractivity contribution < 1.29 is 14.3 Å². The number of hydrogen-bond donors (Lipinski definition) is 0. The highest BCUT2D eigenvalue weighted by Gasteiger charge is 2.32. The minimum Gasteiger partial charge on any atom is -0.468 e. The molecular formula is C14H25BrO3. The van der Waals surface area contributed by atoms with Crippen LogP contribution >= 0.6 is 15.9 Å². The second-order valence-electron chi connectivity index (χ2n) is 5.69. The Bertz CT molecular complexity index is 268. The van der Waals surface area contributed by atoms with Gasteiger partial charge in [0.25, 0.3) is 0 Å². The summed E-state index contributed by atoms with van der Waals surface area (Å²) in [5.41, 5.74) is 0. The van der Waals surface area contributed by atoms with Crippen LogP contribution in [0, 0.1) is 17.8 Å². The van der Waals surface area contributed by atoms with Crippen LogP contribution in [0.3, 0.4) is 0 Å². The van der Waals surface area contributed by atoms with E-state index < -0.39 is 0 Å². The van der Waals surface area contributed by atoms with Crippen molar-refractivity contribution in [1.82, 2.24) is 0 Å². The van der Waals surface area contributed by atoms with Gasteiger partial charge < -0.3 is 9.47 Å². The normalized spacial score (nSPS) is 30.2. The SMILES string of the molecule is COC(=O)C(Br)COC1CC(C)CCC1C(C)C. The number of halogens is 1. The molecule has 106 valence electrons. The Hall–Kier alpha value is -0.0900. The Kier molecular flexibility index (Phi) is 6.64. The molecular weight excluding hydrogens is 296 g/mol. The molecule has 0 aromatic heterocycles. The average molecular weight is 321 g/mol. The number of alkyl halides is 1. The summed E-state index contributed by atoms with van der Waals surface area (Å²) in [5.74, 6) is 1.70. The van der Waals surface area contributed by atoms with Crippen molar-refractivity contribution in [3.05, 3.63) is 0 Å². The van der Waals surface area contributed by atoms with Crippen LogP contribution in [0.15, 0.2) is 0 Å². The standard InChI is InChI=1S/C14H25BrO3/c1-9(2)11-6-5-10(3)7-13(11)18-8-12(15)14(16)17-4/h9-13H,5-8H2,1-4H3. The molecule has 0 bridgehead atoms. The molecule has 1 fully saturated rings. The van der Waals surface area contributed by atoms with Gasteiger partial charge in [-0.05, 0) is 30.6 Å². The summed E-state index contributed by atoms with van der Waals surface area (Å²) in [6.07, 6.45) is 3.90. The van der Waals surface area contributed by atoms with E-state index in [4.69, 9.17) is 4.74 Å². The predicted octanol–water partition coefficient (Wildman–Crippen LogP) is 3.40. The highest BCUT2D eigenvalue weighted by atomic mass is 79.9. The molecule has 4 heteroatoms. The lowest BCUT2D eigenvalue weighted by Gasteiger charge is -2.37. The average Bonchev–Trinajstić information content (AvgIpc) is 2.34. The summed E-state index contributed by atoms with van der Waals surface area (Å²) in [7, 11) is 1.40. The van der Waals surface area contributed by atoms with Crippen molar-refractivity contribution in [1.29, 1.82) is 0 Å². The van der Waals surface area contributed by atoms with Crippen LogP contribution in [0.1, 0.15) is 40.0 Å². The van der Waals surface area contributed by atoms with Gasteiger partial charge in [-0.25, -0.2) is 0 Å². The Morgan fingerprint density at radius 1 is 1.39 bits per heavy atom. The third-order valence-electron chi connectivity index (χ3n) is 3.87. The maximum Gasteiger partial charge on any atom is 0.321 e. The molecule has 0 spiro atoms. The molecule has 0 heterocycles. The molecule has 4 unspecified atom stereocenters. The van der Waals surface area contributed by atoms with Crippen molar-refractivity contribution in [2.24, 2.45) is 17.8 Å². The fraction of sp³-hybridized carbons (Fsp3) is 0.929. The lowest BCUT2D eigenvalue weighted by Crippen LogP contribution is -2.36. The molecule has 18 heavy (non-hydrogen) atoms. The minimum absolute atomic E-state index is 0.264. The maximum atomic E-state index is 11.3. The molecule has 0 aromatic carbocycles. The fourth-order valence-electron chi connectivity index (χ4n) is 2.71. The summed E-state index contributed by atoms with van der Waals surface area (Å²) < 4.78 is 10.6. The number of esters is 1. The molecule has 4 atom stereocenters. The molecule has 0 N–H and O–H groups in total. The van der Waals surface area contributed by atoms with Gasteiger partial charge in [-0.15, -0.1) is 0 Å². The monoisotopic (exact) mass is 320 g/mol. The molecule has 1 rings (SSSR count). The first-order valence-electron chi connectivity index (χ1n) is 6.79. The van der Waals surface area contributed by atoms with Crippen LogP contribution in [0.5, 0.6) is 0 Å². The number of rotatable bonds is 5. The molecule has 1 aliphatic rings. The highest BCUT2D eigenvalue weighted by Crippen LogP contribution is 2.35. The molecule has 0 saturated heterocycles. The quantitative estimate of drug-likeness (QED) is 0.575. The molecule has 0 amide bonds. The van der Waals surface area contributed by atoms with E-state index in [1.165, 1.54) is 20.0 Å². The lowest BCUT2D eigenvalue weighted by molar-refractivity contribution is -0.142. The maximum absolute atomic E-state index is 11.3. The third kappa shape index (κ3) is 4.54. The third-order valence-corrected chi connectivity index (χ3v) is 4.51. The molecule has 0 radical (unpaired) electrons. The Labute approximate surface area is 119 Å². The van der Waals surface area contributed by atoms with Gasteiger partial charge in [-0.3, -0.25) is 4.79 Å². The van der Waals surface area contributed by atoms with Crippen molar-refractivity contribution in [2.45, 2.75) is 51.0 Å². The zero-order chi connectivity index (χ0) is 13.7. The van der Waals surface area contributed by atoms with E-state index in [-0.39, 0.29) is 16.9 Å². The first kappa shape index (κ1) is 16.0. The molecule has 1 aliphatic carbocycles. The molecule has 1 saturated carbocycles. The van der Waals surface area contributed by atoms with Crippen LogP contribution < -0.4 is 0 Å². The zero-order valence-corrected chi connectivity index (χ0v) is 13.4. The van der Waals surface area contributed by atoms with Crippen LogP contribution in [0.2, 0.25) is 0 Å². The van der Waals surface area contributed by atoms with Gasteiger partial charge in [-0.1, -0.05) is 43.1 Å². The van der Waals surface area contributed by atoms with Gasteiger partial charge in [0.2, 0.25) is 0 Å². The molecule has 0 aromatic rings. The summed E-state index contributed by atoms with van der Waals surface area (Å²) in [6, 6.07) is 0. The van der Waals surface area contributed by atoms with E-state index >= 15 is 0 Å². The van der Waals surface area contributed by atoms with E-state index in [2.05, 4.69) is 41.4 Å². The van der Waals surface area contributed by atoms with E-state index in [0.29, 0.717) is 18.4 Å². The van der Waals surface area contributed by atoms with E-state index in [0.717, 1.165) is 12.3 Å². The van der Waals surface area contributed by atoms with Gasteiger partial charge >= 0.3 is 5.97 Å². The summed E-state index contributed by atoms with van der Waals surface area (Å²) in [5, 5.41) is 0. The zero-order valence-electron chi connectivity index (χ0n) is 11.8. The number of ether oxygens (including phenoxy) is 2. The summed E-state index contributed by atoms with van der Waals surface area (Å²) in [6.45, 7) is 7.18. The smallest absolute Gasteiger partial charge is 0.321 e. The number of methoxy groups -OCH3 is 1. The van der Waals surface area contributed by atoms with Crippen molar-refractivity contribution in [3.63, 3.8) is 0 Å². The minimum atomic E-state index is -0.354. The first-order chi connectivity index (χ1) is 8.45. The van der Waals surface area contributed by atoms with Crippen molar-refractivity contribution in [2.75, 3.05) is 13.7 Å².